The van der Waals surface area contributed by atoms with Gasteiger partial charge in [-0.25, -0.2) is 0 Å². The van der Waals surface area contributed by atoms with Gasteiger partial charge in [-0.1, -0.05) is 129 Å². The molecule has 47 heavy (non-hydrogen) atoms. The summed E-state index contributed by atoms with van der Waals surface area (Å²) in [5.41, 5.74) is 14.7. The second-order valence-corrected chi connectivity index (χ2v) is 13.0. The molecule has 0 fully saturated rings. The number of hydrogen-bond donors (Lipinski definition) is 0. The molecule has 0 saturated heterocycles. The summed E-state index contributed by atoms with van der Waals surface area (Å²) in [4.78, 5) is 2.44. The van der Waals surface area contributed by atoms with Gasteiger partial charge in [0.05, 0.1) is 16.7 Å². The van der Waals surface area contributed by atoms with Crippen molar-refractivity contribution < 1.29 is 0 Å². The van der Waals surface area contributed by atoms with E-state index in [2.05, 4.69) is 193 Å². The molecule has 2 nitrogen and oxygen atoms in total. The molecule has 0 spiro atoms. The maximum absolute atomic E-state index is 2.44. The van der Waals surface area contributed by atoms with E-state index in [9.17, 15) is 0 Å². The van der Waals surface area contributed by atoms with Crippen LogP contribution < -0.4 is 4.90 Å². The minimum atomic E-state index is -0.154. The summed E-state index contributed by atoms with van der Waals surface area (Å²) < 4.78 is 2.42. The normalized spacial score (nSPS) is 13.1. The molecule has 0 amide bonds. The molecule has 224 valence electrons. The van der Waals surface area contributed by atoms with Crippen LogP contribution in [0.3, 0.4) is 0 Å². The zero-order valence-corrected chi connectivity index (χ0v) is 26.6. The van der Waals surface area contributed by atoms with Crippen LogP contribution in [-0.2, 0) is 5.41 Å². The predicted octanol–water partition coefficient (Wildman–Crippen LogP) is 12.2. The number of para-hydroxylation sites is 4. The van der Waals surface area contributed by atoms with E-state index in [1.807, 2.05) is 0 Å². The van der Waals surface area contributed by atoms with Crippen LogP contribution in [0.2, 0.25) is 0 Å². The maximum Gasteiger partial charge on any atom is 0.0782 e. The summed E-state index contributed by atoms with van der Waals surface area (Å²) >= 11 is 0. The zero-order chi connectivity index (χ0) is 31.5. The van der Waals surface area contributed by atoms with E-state index in [0.29, 0.717) is 0 Å². The molecule has 9 rings (SSSR count). The van der Waals surface area contributed by atoms with E-state index in [1.54, 1.807) is 0 Å². The van der Waals surface area contributed by atoms with E-state index in [-0.39, 0.29) is 5.41 Å². The van der Waals surface area contributed by atoms with Gasteiger partial charge < -0.3 is 9.47 Å². The number of anilines is 3. The van der Waals surface area contributed by atoms with Gasteiger partial charge in [0, 0.05) is 33.2 Å². The molecule has 0 N–H and O–H groups in total. The van der Waals surface area contributed by atoms with Crippen molar-refractivity contribution in [3.63, 3.8) is 0 Å². The van der Waals surface area contributed by atoms with Crippen LogP contribution in [0.4, 0.5) is 17.1 Å². The number of rotatable bonds is 5. The molecule has 0 saturated carbocycles. The molecule has 2 heteroatoms. The van der Waals surface area contributed by atoms with Gasteiger partial charge in [0.15, 0.2) is 0 Å². The number of aromatic nitrogens is 1. The Morgan fingerprint density at radius 2 is 1.09 bits per heavy atom. The number of nitrogens with zero attached hydrogens (tertiary/aromatic N) is 2. The lowest BCUT2D eigenvalue weighted by molar-refractivity contribution is 0.660. The zero-order valence-electron chi connectivity index (χ0n) is 26.6. The highest BCUT2D eigenvalue weighted by molar-refractivity contribution is 6.14. The second kappa shape index (κ2) is 10.6. The summed E-state index contributed by atoms with van der Waals surface area (Å²) in [6.07, 6.45) is 0. The van der Waals surface area contributed by atoms with Crippen molar-refractivity contribution in [2.45, 2.75) is 19.3 Å². The van der Waals surface area contributed by atoms with Crippen LogP contribution in [0.5, 0.6) is 0 Å². The van der Waals surface area contributed by atoms with E-state index in [0.717, 1.165) is 22.7 Å². The van der Waals surface area contributed by atoms with Gasteiger partial charge in [0.1, 0.15) is 0 Å². The van der Waals surface area contributed by atoms with Gasteiger partial charge in [-0.2, -0.15) is 0 Å². The van der Waals surface area contributed by atoms with Gasteiger partial charge in [-0.15, -0.1) is 0 Å². The molecule has 1 aliphatic carbocycles. The average molecular weight is 603 g/mol. The molecular formula is C45H34N2. The second-order valence-electron chi connectivity index (χ2n) is 13.0. The first-order chi connectivity index (χ1) is 23.1. The lowest BCUT2D eigenvalue weighted by Crippen LogP contribution is -2.17. The predicted molar refractivity (Wildman–Crippen MR) is 198 cm³/mol. The average Bonchev–Trinajstić information content (AvgIpc) is 3.58. The van der Waals surface area contributed by atoms with Crippen LogP contribution >= 0.6 is 0 Å². The topological polar surface area (TPSA) is 8.17 Å². The van der Waals surface area contributed by atoms with E-state index < -0.39 is 0 Å². The minimum absolute atomic E-state index is 0.154. The smallest absolute Gasteiger partial charge is 0.0782 e. The standard InChI is InChI=1S/C45H34N2/c1-45(2)40-29-32(31-15-6-3-7-16-31)25-27-36(40)37-28-26-35(30-41(37)45)46(33-17-8-4-9-18-33)43-24-14-22-39-38-21-12-13-23-42(38)47(44(39)43)34-19-10-5-11-20-34/h3-30H,1-2H3. The Labute approximate surface area is 275 Å². The molecule has 8 aromatic rings. The molecule has 0 bridgehead atoms. The molecule has 0 radical (unpaired) electrons. The molecule has 0 atom stereocenters. The molecule has 0 aliphatic heterocycles. The third kappa shape index (κ3) is 4.26. The fraction of sp³-hybridized carbons (Fsp3) is 0.0667. The molecule has 1 heterocycles. The molecule has 1 aliphatic rings. The van der Waals surface area contributed by atoms with Crippen LogP contribution in [0.1, 0.15) is 25.0 Å². The molecular weight excluding hydrogens is 569 g/mol. The highest BCUT2D eigenvalue weighted by Gasteiger charge is 2.36. The van der Waals surface area contributed by atoms with Crippen LogP contribution in [0.25, 0.3) is 49.7 Å². The number of benzene rings is 7. The van der Waals surface area contributed by atoms with E-state index >= 15 is 0 Å². The largest absolute Gasteiger partial charge is 0.308 e. The molecule has 0 unspecified atom stereocenters. The monoisotopic (exact) mass is 602 g/mol. The fourth-order valence-corrected chi connectivity index (χ4v) is 7.71. The van der Waals surface area contributed by atoms with Crippen molar-refractivity contribution in [2.75, 3.05) is 4.90 Å². The fourth-order valence-electron chi connectivity index (χ4n) is 7.71. The Morgan fingerprint density at radius 3 is 1.85 bits per heavy atom. The lowest BCUT2D eigenvalue weighted by Gasteiger charge is -2.29. The highest BCUT2D eigenvalue weighted by Crippen LogP contribution is 2.52. The van der Waals surface area contributed by atoms with Gasteiger partial charge in [0.25, 0.3) is 0 Å². The third-order valence-corrected chi connectivity index (χ3v) is 9.97. The number of fused-ring (bicyclic) bond motifs is 6. The van der Waals surface area contributed by atoms with Gasteiger partial charge in [-0.3, -0.25) is 0 Å². The lowest BCUT2D eigenvalue weighted by atomic mass is 9.81. The van der Waals surface area contributed by atoms with Crippen LogP contribution in [0.15, 0.2) is 170 Å². The Morgan fingerprint density at radius 1 is 0.468 bits per heavy atom. The van der Waals surface area contributed by atoms with Crippen molar-refractivity contribution in [1.82, 2.24) is 4.57 Å². The first-order valence-electron chi connectivity index (χ1n) is 16.4. The van der Waals surface area contributed by atoms with Crippen molar-refractivity contribution in [3.8, 4) is 27.9 Å². The first-order valence-corrected chi connectivity index (χ1v) is 16.4. The SMILES string of the molecule is CC1(C)c2cc(-c3ccccc3)ccc2-c2ccc(N(c3ccccc3)c3cccc4c5ccccc5n(-c5ccccc5)c34)cc21. The van der Waals surface area contributed by atoms with Crippen LogP contribution in [-0.4, -0.2) is 4.57 Å². The van der Waals surface area contributed by atoms with E-state index in [4.69, 9.17) is 0 Å². The molecule has 1 aromatic heterocycles. The Hall–Kier alpha value is -5.86. The van der Waals surface area contributed by atoms with Crippen molar-refractivity contribution in [1.29, 1.82) is 0 Å². The summed E-state index contributed by atoms with van der Waals surface area (Å²) in [5.74, 6) is 0. The maximum atomic E-state index is 2.44. The van der Waals surface area contributed by atoms with E-state index in [1.165, 1.54) is 55.2 Å². The highest BCUT2D eigenvalue weighted by atomic mass is 15.2. The van der Waals surface area contributed by atoms with Crippen molar-refractivity contribution >= 4 is 38.9 Å². The third-order valence-electron chi connectivity index (χ3n) is 9.97. The van der Waals surface area contributed by atoms with Crippen molar-refractivity contribution in [3.05, 3.63) is 181 Å². The summed E-state index contributed by atoms with van der Waals surface area (Å²) in [7, 11) is 0. The summed E-state index contributed by atoms with van der Waals surface area (Å²) in [6.45, 7) is 4.74. The Bertz CT molecular complexity index is 2420. The molecule has 7 aromatic carbocycles. The van der Waals surface area contributed by atoms with Crippen molar-refractivity contribution in [2.24, 2.45) is 0 Å². The Kier molecular flexibility index (Phi) is 6.20. The van der Waals surface area contributed by atoms with Gasteiger partial charge in [-0.05, 0) is 88.0 Å². The Balaban J connectivity index is 1.27. The van der Waals surface area contributed by atoms with Gasteiger partial charge >= 0.3 is 0 Å². The quantitative estimate of drug-likeness (QED) is 0.190. The summed E-state index contributed by atoms with van der Waals surface area (Å²) in [6, 6.07) is 61.8. The summed E-state index contributed by atoms with van der Waals surface area (Å²) in [5, 5.41) is 2.49. The van der Waals surface area contributed by atoms with Crippen LogP contribution in [0, 0.1) is 0 Å². The first kappa shape index (κ1) is 27.5. The van der Waals surface area contributed by atoms with Gasteiger partial charge in [0.2, 0.25) is 0 Å². The number of hydrogen-bond acceptors (Lipinski definition) is 1. The minimum Gasteiger partial charge on any atom is -0.308 e.